The maximum absolute atomic E-state index is 14.0. The van der Waals surface area contributed by atoms with Crippen LogP contribution in [-0.2, 0) is 11.2 Å². The van der Waals surface area contributed by atoms with E-state index in [1.807, 2.05) is 6.92 Å². The summed E-state index contributed by atoms with van der Waals surface area (Å²) in [5.41, 5.74) is 4.11. The van der Waals surface area contributed by atoms with E-state index in [1.165, 1.54) is 13.0 Å². The van der Waals surface area contributed by atoms with E-state index in [0.717, 1.165) is 23.2 Å². The number of carbonyl (C=O) groups excluding carboxylic acids is 2. The molecule has 2 N–H and O–H groups in total. The van der Waals surface area contributed by atoms with Crippen LogP contribution in [0, 0.1) is 12.7 Å². The van der Waals surface area contributed by atoms with Crippen LogP contribution in [0.2, 0.25) is 0 Å². The van der Waals surface area contributed by atoms with Gasteiger partial charge in [-0.15, -0.1) is 0 Å². The molecular formula is C21H19FN4O2. The summed E-state index contributed by atoms with van der Waals surface area (Å²) in [6, 6.07) is 11.7. The SMILES string of the molecule is CC(=O)N1CCc2cc(C(=O)Nc3cc(-c4cc(C)ccc4F)[nH]n3)ccc21. The van der Waals surface area contributed by atoms with E-state index in [2.05, 4.69) is 15.5 Å². The first-order valence-electron chi connectivity index (χ1n) is 8.96. The number of rotatable bonds is 3. The summed E-state index contributed by atoms with van der Waals surface area (Å²) >= 11 is 0. The molecule has 1 aliphatic rings. The molecule has 2 aromatic carbocycles. The molecule has 1 aliphatic heterocycles. The predicted octanol–water partition coefficient (Wildman–Crippen LogP) is 3.69. The van der Waals surface area contributed by atoms with Crippen LogP contribution in [0.3, 0.4) is 0 Å². The average Bonchev–Trinajstić information content (AvgIpc) is 3.30. The van der Waals surface area contributed by atoms with Gasteiger partial charge in [0, 0.05) is 36.3 Å². The molecule has 0 saturated carbocycles. The highest BCUT2D eigenvalue weighted by Crippen LogP contribution is 2.29. The molecule has 0 fully saturated rings. The first kappa shape index (κ1) is 17.9. The van der Waals surface area contributed by atoms with Gasteiger partial charge in [-0.1, -0.05) is 11.6 Å². The van der Waals surface area contributed by atoms with E-state index in [-0.39, 0.29) is 17.6 Å². The van der Waals surface area contributed by atoms with E-state index in [1.54, 1.807) is 41.3 Å². The van der Waals surface area contributed by atoms with Gasteiger partial charge in [0.2, 0.25) is 5.91 Å². The number of hydrogen-bond acceptors (Lipinski definition) is 3. The van der Waals surface area contributed by atoms with Crippen molar-refractivity contribution >= 4 is 23.3 Å². The molecule has 142 valence electrons. The molecule has 0 radical (unpaired) electrons. The Morgan fingerprint density at radius 2 is 2.00 bits per heavy atom. The second kappa shape index (κ2) is 6.92. The van der Waals surface area contributed by atoms with Crippen LogP contribution >= 0.6 is 0 Å². The van der Waals surface area contributed by atoms with E-state index >= 15 is 0 Å². The van der Waals surface area contributed by atoms with Crippen LogP contribution < -0.4 is 10.2 Å². The minimum Gasteiger partial charge on any atom is -0.312 e. The molecule has 28 heavy (non-hydrogen) atoms. The molecule has 7 heteroatoms. The Morgan fingerprint density at radius 1 is 1.18 bits per heavy atom. The number of nitrogens with one attached hydrogen (secondary N) is 2. The Hall–Kier alpha value is -3.48. The fourth-order valence-corrected chi connectivity index (χ4v) is 3.43. The van der Waals surface area contributed by atoms with Crippen LogP contribution in [0.5, 0.6) is 0 Å². The number of nitrogens with zero attached hydrogens (tertiary/aromatic N) is 2. The third-order valence-corrected chi connectivity index (χ3v) is 4.85. The molecule has 0 atom stereocenters. The second-order valence-electron chi connectivity index (χ2n) is 6.87. The van der Waals surface area contributed by atoms with Crippen LogP contribution in [0.15, 0.2) is 42.5 Å². The lowest BCUT2D eigenvalue weighted by Gasteiger charge is -2.14. The number of aromatic amines is 1. The third-order valence-electron chi connectivity index (χ3n) is 4.85. The molecule has 4 rings (SSSR count). The quantitative estimate of drug-likeness (QED) is 0.730. The van der Waals surface area contributed by atoms with Gasteiger partial charge in [-0.25, -0.2) is 4.39 Å². The van der Waals surface area contributed by atoms with Crippen LogP contribution in [0.1, 0.15) is 28.4 Å². The Labute approximate surface area is 161 Å². The van der Waals surface area contributed by atoms with Crippen molar-refractivity contribution < 1.29 is 14.0 Å². The Kier molecular flexibility index (Phi) is 4.43. The zero-order chi connectivity index (χ0) is 19.8. The molecular weight excluding hydrogens is 359 g/mol. The standard InChI is InChI=1S/C21H19FN4O2/c1-12-3-5-17(22)16(9-12)18-11-20(25-24-18)23-21(28)15-4-6-19-14(10-15)7-8-26(19)13(2)27/h3-6,9-11H,7-8H2,1-2H3,(H2,23,24,25,28). The summed E-state index contributed by atoms with van der Waals surface area (Å²) in [7, 11) is 0. The van der Waals surface area contributed by atoms with Crippen LogP contribution in [-0.4, -0.2) is 28.6 Å². The minimum absolute atomic E-state index is 0.0108. The van der Waals surface area contributed by atoms with Crippen molar-refractivity contribution in [3.8, 4) is 11.3 Å². The summed E-state index contributed by atoms with van der Waals surface area (Å²) < 4.78 is 14.0. The van der Waals surface area contributed by atoms with Crippen molar-refractivity contribution in [2.45, 2.75) is 20.3 Å². The van der Waals surface area contributed by atoms with E-state index in [0.29, 0.717) is 29.2 Å². The van der Waals surface area contributed by atoms with Gasteiger partial charge in [0.05, 0.1) is 5.69 Å². The van der Waals surface area contributed by atoms with Gasteiger partial charge in [0.25, 0.3) is 5.91 Å². The number of aromatic nitrogens is 2. The molecule has 2 heterocycles. The monoisotopic (exact) mass is 378 g/mol. The Bertz CT molecular complexity index is 1090. The largest absolute Gasteiger partial charge is 0.312 e. The molecule has 1 aromatic heterocycles. The van der Waals surface area contributed by atoms with Gasteiger partial charge in [-0.3, -0.25) is 14.7 Å². The highest BCUT2D eigenvalue weighted by molar-refractivity contribution is 6.05. The Morgan fingerprint density at radius 3 is 2.79 bits per heavy atom. The molecule has 0 aliphatic carbocycles. The lowest BCUT2D eigenvalue weighted by atomic mass is 10.1. The zero-order valence-electron chi connectivity index (χ0n) is 15.5. The normalized spacial score (nSPS) is 12.8. The number of H-pyrrole nitrogens is 1. The minimum atomic E-state index is -0.360. The summed E-state index contributed by atoms with van der Waals surface area (Å²) in [5.74, 6) is -0.372. The molecule has 0 spiro atoms. The molecule has 3 aromatic rings. The Balaban J connectivity index is 1.53. The summed E-state index contributed by atoms with van der Waals surface area (Å²) in [6.07, 6.45) is 0.717. The predicted molar refractivity (Wildman–Crippen MR) is 105 cm³/mol. The maximum Gasteiger partial charge on any atom is 0.256 e. The highest BCUT2D eigenvalue weighted by Gasteiger charge is 2.23. The fourth-order valence-electron chi connectivity index (χ4n) is 3.43. The second-order valence-corrected chi connectivity index (χ2v) is 6.87. The maximum atomic E-state index is 14.0. The van der Waals surface area contributed by atoms with Gasteiger partial charge in [0.1, 0.15) is 5.82 Å². The molecule has 0 bridgehead atoms. The van der Waals surface area contributed by atoms with E-state index in [9.17, 15) is 14.0 Å². The number of carbonyl (C=O) groups is 2. The van der Waals surface area contributed by atoms with Crippen molar-refractivity contribution in [2.75, 3.05) is 16.8 Å². The molecule has 0 unspecified atom stereocenters. The van der Waals surface area contributed by atoms with Crippen molar-refractivity contribution in [3.63, 3.8) is 0 Å². The number of anilines is 2. The van der Waals surface area contributed by atoms with Crippen molar-refractivity contribution in [2.24, 2.45) is 0 Å². The fraction of sp³-hybridized carbons (Fsp3) is 0.190. The first-order valence-corrected chi connectivity index (χ1v) is 8.96. The average molecular weight is 378 g/mol. The third kappa shape index (κ3) is 3.26. The summed E-state index contributed by atoms with van der Waals surface area (Å²) in [6.45, 7) is 4.03. The number of aryl methyl sites for hydroxylation is 1. The van der Waals surface area contributed by atoms with Crippen LogP contribution in [0.25, 0.3) is 11.3 Å². The number of halogens is 1. The first-order chi connectivity index (χ1) is 13.4. The van der Waals surface area contributed by atoms with Crippen LogP contribution in [0.4, 0.5) is 15.9 Å². The highest BCUT2D eigenvalue weighted by atomic mass is 19.1. The molecule has 0 saturated heterocycles. The zero-order valence-corrected chi connectivity index (χ0v) is 15.5. The summed E-state index contributed by atoms with van der Waals surface area (Å²) in [5, 5.41) is 9.54. The van der Waals surface area contributed by atoms with Crippen molar-refractivity contribution in [3.05, 3.63) is 65.0 Å². The van der Waals surface area contributed by atoms with Gasteiger partial charge in [0.15, 0.2) is 5.82 Å². The summed E-state index contributed by atoms with van der Waals surface area (Å²) in [4.78, 5) is 25.9. The lowest BCUT2D eigenvalue weighted by Crippen LogP contribution is -2.25. The number of hydrogen-bond donors (Lipinski definition) is 2. The number of amides is 2. The molecule has 2 amide bonds. The van der Waals surface area contributed by atoms with Gasteiger partial charge in [-0.2, -0.15) is 5.10 Å². The van der Waals surface area contributed by atoms with Crippen molar-refractivity contribution in [1.29, 1.82) is 0 Å². The lowest BCUT2D eigenvalue weighted by molar-refractivity contribution is -0.116. The number of benzene rings is 2. The van der Waals surface area contributed by atoms with Gasteiger partial charge < -0.3 is 10.2 Å². The van der Waals surface area contributed by atoms with Crippen molar-refractivity contribution in [1.82, 2.24) is 10.2 Å². The van der Waals surface area contributed by atoms with E-state index in [4.69, 9.17) is 0 Å². The molecule has 6 nitrogen and oxygen atoms in total. The van der Waals surface area contributed by atoms with Gasteiger partial charge in [-0.05, 0) is 49.2 Å². The topological polar surface area (TPSA) is 78.1 Å². The number of fused-ring (bicyclic) bond motifs is 1. The van der Waals surface area contributed by atoms with Gasteiger partial charge >= 0.3 is 0 Å². The van der Waals surface area contributed by atoms with E-state index < -0.39 is 0 Å². The smallest absolute Gasteiger partial charge is 0.256 e.